The Morgan fingerprint density at radius 2 is 1.56 bits per heavy atom. The molecule has 3 fully saturated rings. The van der Waals surface area contributed by atoms with E-state index >= 15 is 0 Å². The fourth-order valence-electron chi connectivity index (χ4n) is 5.86. The summed E-state index contributed by atoms with van der Waals surface area (Å²) in [5.74, 6) is -2.75. The summed E-state index contributed by atoms with van der Waals surface area (Å²) in [7, 11) is 1.96. The number of aryl methyl sites for hydroxylation is 1. The number of hydrogen-bond acceptors (Lipinski definition) is 3. The van der Waals surface area contributed by atoms with E-state index in [0.29, 0.717) is 29.8 Å². The maximum absolute atomic E-state index is 13.8. The highest BCUT2D eigenvalue weighted by atomic mass is 127. The highest BCUT2D eigenvalue weighted by molar-refractivity contribution is 14.1. The molecule has 0 bridgehead atoms. The van der Waals surface area contributed by atoms with Crippen molar-refractivity contribution in [3.05, 3.63) is 51.7 Å². The number of fused-ring (bicyclic) bond motifs is 1. The predicted molar refractivity (Wildman–Crippen MR) is 150 cm³/mol. The first-order chi connectivity index (χ1) is 17.2. The SMILES string of the molecule is Cn1ccc2cc(NC(=O)c3ccc(I)cc3N3CCC4(CC3)CC4)cc(N3CCC(F)(F)CC3)c21. The van der Waals surface area contributed by atoms with Crippen LogP contribution in [0.25, 0.3) is 10.9 Å². The van der Waals surface area contributed by atoms with Crippen LogP contribution in [-0.4, -0.2) is 42.6 Å². The summed E-state index contributed by atoms with van der Waals surface area (Å²) in [6, 6.07) is 11.9. The standard InChI is InChI=1S/C28H31F2IN4O/c1-33-11-4-19-16-21(18-24(25(19)33)35-14-9-28(29,30)10-15-35)32-26(36)22-3-2-20(31)17-23(22)34-12-7-27(5-6-27)8-13-34/h2-4,11,16-18H,5-10,12-15H2,1H3,(H,32,36). The number of alkyl halides is 2. The van der Waals surface area contributed by atoms with Gasteiger partial charge in [0.2, 0.25) is 0 Å². The van der Waals surface area contributed by atoms with E-state index in [1.165, 1.54) is 25.7 Å². The van der Waals surface area contributed by atoms with Gasteiger partial charge in [0.1, 0.15) is 0 Å². The van der Waals surface area contributed by atoms with Crippen molar-refractivity contribution in [3.63, 3.8) is 0 Å². The Hall–Kier alpha value is -2.36. The highest BCUT2D eigenvalue weighted by Gasteiger charge is 2.44. The molecule has 1 amide bonds. The highest BCUT2D eigenvalue weighted by Crippen LogP contribution is 2.54. The quantitative estimate of drug-likeness (QED) is 0.339. The Bertz CT molecular complexity index is 1310. The van der Waals surface area contributed by atoms with Gasteiger partial charge in [-0.05, 0) is 90.1 Å². The van der Waals surface area contributed by atoms with Gasteiger partial charge in [-0.3, -0.25) is 4.79 Å². The molecule has 1 spiro atoms. The third-order valence-corrected chi connectivity index (χ3v) is 9.04. The van der Waals surface area contributed by atoms with Crippen molar-refractivity contribution < 1.29 is 13.6 Å². The molecule has 6 rings (SSSR count). The molecule has 1 aromatic heterocycles. The van der Waals surface area contributed by atoms with Gasteiger partial charge >= 0.3 is 0 Å². The molecule has 0 unspecified atom stereocenters. The Morgan fingerprint density at radius 3 is 2.25 bits per heavy atom. The van der Waals surface area contributed by atoms with E-state index in [2.05, 4.69) is 38.9 Å². The zero-order chi connectivity index (χ0) is 25.1. The van der Waals surface area contributed by atoms with E-state index in [0.717, 1.165) is 38.9 Å². The topological polar surface area (TPSA) is 40.5 Å². The average molecular weight is 604 g/mol. The van der Waals surface area contributed by atoms with Gasteiger partial charge in [-0.2, -0.15) is 0 Å². The molecule has 0 atom stereocenters. The second-order valence-electron chi connectivity index (χ2n) is 10.8. The number of piperidine rings is 2. The van der Waals surface area contributed by atoms with Crippen molar-refractivity contribution in [1.82, 2.24) is 4.57 Å². The third-order valence-electron chi connectivity index (χ3n) is 8.37. The number of anilines is 3. The van der Waals surface area contributed by atoms with Gasteiger partial charge in [0.15, 0.2) is 0 Å². The normalized spacial score (nSPS) is 20.7. The number of carbonyl (C=O) groups excluding carboxylic acids is 1. The van der Waals surface area contributed by atoms with Crippen LogP contribution in [0.2, 0.25) is 0 Å². The molecule has 1 N–H and O–H groups in total. The zero-order valence-electron chi connectivity index (χ0n) is 20.5. The summed E-state index contributed by atoms with van der Waals surface area (Å²) < 4.78 is 30.8. The Morgan fingerprint density at radius 1 is 0.889 bits per heavy atom. The molecule has 3 aliphatic rings. The van der Waals surface area contributed by atoms with Crippen molar-refractivity contribution >= 4 is 56.5 Å². The van der Waals surface area contributed by atoms with Gasteiger partial charge < -0.3 is 19.7 Å². The predicted octanol–water partition coefficient (Wildman–Crippen LogP) is 6.65. The Balaban J connectivity index is 1.29. The van der Waals surface area contributed by atoms with Gasteiger partial charge in [0.25, 0.3) is 11.8 Å². The molecule has 2 saturated heterocycles. The van der Waals surface area contributed by atoms with Crippen LogP contribution in [0.1, 0.15) is 48.9 Å². The minimum Gasteiger partial charge on any atom is -0.371 e. The molecule has 3 aromatic rings. The third kappa shape index (κ3) is 4.57. The molecule has 8 heteroatoms. The fraction of sp³-hybridized carbons (Fsp3) is 0.464. The number of nitrogens with one attached hydrogen (secondary N) is 1. The van der Waals surface area contributed by atoms with E-state index < -0.39 is 5.92 Å². The monoisotopic (exact) mass is 604 g/mol. The zero-order valence-corrected chi connectivity index (χ0v) is 22.7. The molecule has 3 heterocycles. The van der Waals surface area contributed by atoms with Crippen molar-refractivity contribution in [3.8, 4) is 0 Å². The lowest BCUT2D eigenvalue weighted by molar-refractivity contribution is -0.0220. The largest absolute Gasteiger partial charge is 0.371 e. The Labute approximate surface area is 224 Å². The second kappa shape index (κ2) is 8.89. The Kier molecular flexibility index (Phi) is 5.92. The lowest BCUT2D eigenvalue weighted by atomic mass is 9.93. The molecule has 0 radical (unpaired) electrons. The summed E-state index contributed by atoms with van der Waals surface area (Å²) in [6.07, 6.45) is 6.75. The van der Waals surface area contributed by atoms with Crippen molar-refractivity contribution in [1.29, 1.82) is 0 Å². The molecule has 5 nitrogen and oxygen atoms in total. The van der Waals surface area contributed by atoms with Crippen LogP contribution < -0.4 is 15.1 Å². The molecular weight excluding hydrogens is 573 g/mol. The number of aromatic nitrogens is 1. The van der Waals surface area contributed by atoms with Crippen LogP contribution in [0.15, 0.2) is 42.6 Å². The summed E-state index contributed by atoms with van der Waals surface area (Å²) in [6.45, 7) is 2.56. The van der Waals surface area contributed by atoms with E-state index in [-0.39, 0.29) is 18.7 Å². The van der Waals surface area contributed by atoms with Crippen molar-refractivity contribution in [2.45, 2.75) is 44.4 Å². The fourth-order valence-corrected chi connectivity index (χ4v) is 6.34. The maximum Gasteiger partial charge on any atom is 0.257 e. The lowest BCUT2D eigenvalue weighted by Crippen LogP contribution is -2.39. The number of amides is 1. The smallest absolute Gasteiger partial charge is 0.257 e. The summed E-state index contributed by atoms with van der Waals surface area (Å²) in [5, 5.41) is 4.11. The van der Waals surface area contributed by atoms with Crippen LogP contribution in [-0.2, 0) is 7.05 Å². The summed E-state index contributed by atoms with van der Waals surface area (Å²) in [4.78, 5) is 18.0. The van der Waals surface area contributed by atoms with Crippen LogP contribution in [0.5, 0.6) is 0 Å². The summed E-state index contributed by atoms with van der Waals surface area (Å²) in [5.41, 5.74) is 4.81. The van der Waals surface area contributed by atoms with E-state index in [1.807, 2.05) is 53.0 Å². The van der Waals surface area contributed by atoms with Gasteiger partial charge in [0, 0.05) is 66.9 Å². The van der Waals surface area contributed by atoms with Gasteiger partial charge in [-0.1, -0.05) is 0 Å². The number of nitrogens with zero attached hydrogens (tertiary/aromatic N) is 3. The van der Waals surface area contributed by atoms with Crippen LogP contribution in [0.4, 0.5) is 25.8 Å². The molecule has 1 aliphatic carbocycles. The molecule has 2 aliphatic heterocycles. The molecule has 190 valence electrons. The van der Waals surface area contributed by atoms with Gasteiger partial charge in [-0.15, -0.1) is 0 Å². The number of benzene rings is 2. The maximum atomic E-state index is 13.8. The minimum absolute atomic E-state index is 0.139. The number of hydrogen-bond donors (Lipinski definition) is 1. The average Bonchev–Trinajstić information content (AvgIpc) is 3.50. The van der Waals surface area contributed by atoms with E-state index in [4.69, 9.17) is 0 Å². The minimum atomic E-state index is -2.61. The molecule has 2 aromatic carbocycles. The number of rotatable bonds is 4. The van der Waals surface area contributed by atoms with Crippen molar-refractivity contribution in [2.75, 3.05) is 41.3 Å². The van der Waals surface area contributed by atoms with E-state index in [9.17, 15) is 13.6 Å². The first kappa shape index (κ1) is 24.0. The van der Waals surface area contributed by atoms with Crippen LogP contribution >= 0.6 is 22.6 Å². The first-order valence-electron chi connectivity index (χ1n) is 12.8. The van der Waals surface area contributed by atoms with Crippen molar-refractivity contribution in [2.24, 2.45) is 12.5 Å². The van der Waals surface area contributed by atoms with Gasteiger partial charge in [-0.25, -0.2) is 8.78 Å². The van der Waals surface area contributed by atoms with Crippen LogP contribution in [0.3, 0.4) is 0 Å². The number of halogens is 3. The van der Waals surface area contributed by atoms with Gasteiger partial charge in [0.05, 0.1) is 22.5 Å². The summed E-state index contributed by atoms with van der Waals surface area (Å²) >= 11 is 2.31. The molecule has 36 heavy (non-hydrogen) atoms. The molecule has 1 saturated carbocycles. The van der Waals surface area contributed by atoms with E-state index in [1.54, 1.807) is 0 Å². The van der Waals surface area contributed by atoms with Crippen LogP contribution in [0, 0.1) is 8.99 Å². The number of carbonyl (C=O) groups is 1. The molecular formula is C28H31F2IN4O. The lowest BCUT2D eigenvalue weighted by Gasteiger charge is -2.35. The second-order valence-corrected chi connectivity index (χ2v) is 12.1. The first-order valence-corrected chi connectivity index (χ1v) is 13.9.